The maximum Gasteiger partial charge on any atom is 0.332 e. The maximum atomic E-state index is 12.8. The summed E-state index contributed by atoms with van der Waals surface area (Å²) in [4.78, 5) is 31.9. The highest BCUT2D eigenvalue weighted by molar-refractivity contribution is 5.78. The van der Waals surface area contributed by atoms with E-state index in [0.717, 1.165) is 28.1 Å². The van der Waals surface area contributed by atoms with Crippen LogP contribution in [0.15, 0.2) is 27.8 Å². The van der Waals surface area contributed by atoms with Crippen LogP contribution in [0.4, 0.5) is 11.6 Å². The van der Waals surface area contributed by atoms with Gasteiger partial charge in [-0.15, -0.1) is 0 Å². The fraction of sp³-hybridized carbons (Fsp3) is 0.421. The zero-order valence-electron chi connectivity index (χ0n) is 16.2. The monoisotopic (exact) mass is 369 g/mol. The van der Waals surface area contributed by atoms with Gasteiger partial charge in [0.25, 0.3) is 5.56 Å². The zero-order valence-corrected chi connectivity index (χ0v) is 16.2. The third kappa shape index (κ3) is 2.47. The summed E-state index contributed by atoms with van der Waals surface area (Å²) in [7, 11) is 4.78. The Kier molecular flexibility index (Phi) is 3.87. The summed E-state index contributed by atoms with van der Waals surface area (Å²) in [5, 5.41) is 0. The van der Waals surface area contributed by atoms with Crippen LogP contribution in [-0.2, 0) is 20.6 Å². The minimum Gasteiger partial charge on any atom is -0.495 e. The van der Waals surface area contributed by atoms with E-state index in [1.165, 1.54) is 11.6 Å². The van der Waals surface area contributed by atoms with E-state index in [2.05, 4.69) is 17.9 Å². The predicted octanol–water partition coefficient (Wildman–Crippen LogP) is 1.54. The van der Waals surface area contributed by atoms with Crippen LogP contribution in [0.5, 0.6) is 5.75 Å². The number of imidazole rings is 1. The molecule has 4 rings (SSSR count). The van der Waals surface area contributed by atoms with Crippen molar-refractivity contribution in [2.24, 2.45) is 20.0 Å². The number of aromatic nitrogens is 4. The van der Waals surface area contributed by atoms with Crippen molar-refractivity contribution in [3.8, 4) is 5.75 Å². The van der Waals surface area contributed by atoms with Crippen LogP contribution >= 0.6 is 0 Å². The van der Waals surface area contributed by atoms with Crippen LogP contribution < -0.4 is 20.9 Å². The Balaban J connectivity index is 2.06. The summed E-state index contributed by atoms with van der Waals surface area (Å²) in [5.41, 5.74) is 2.17. The third-order valence-electron chi connectivity index (χ3n) is 5.18. The van der Waals surface area contributed by atoms with Gasteiger partial charge in [0, 0.05) is 27.2 Å². The van der Waals surface area contributed by atoms with Gasteiger partial charge in [0.1, 0.15) is 5.75 Å². The molecule has 0 spiro atoms. The van der Waals surface area contributed by atoms with Crippen molar-refractivity contribution >= 4 is 22.8 Å². The molecule has 8 heteroatoms. The molecular weight excluding hydrogens is 346 g/mol. The van der Waals surface area contributed by atoms with Crippen molar-refractivity contribution in [2.45, 2.75) is 20.4 Å². The van der Waals surface area contributed by atoms with Crippen LogP contribution in [0.2, 0.25) is 0 Å². The number of aryl methyl sites for hydroxylation is 2. The Morgan fingerprint density at radius 1 is 1.15 bits per heavy atom. The van der Waals surface area contributed by atoms with Crippen LogP contribution in [-0.4, -0.2) is 32.3 Å². The van der Waals surface area contributed by atoms with Crippen molar-refractivity contribution in [1.29, 1.82) is 0 Å². The maximum absolute atomic E-state index is 12.8. The second kappa shape index (κ2) is 6.00. The smallest absolute Gasteiger partial charge is 0.332 e. The average Bonchev–Trinajstić information content (AvgIpc) is 3.03. The van der Waals surface area contributed by atoms with E-state index < -0.39 is 0 Å². The standard InChI is InChI=1S/C19H23N5O3/c1-11-6-7-14(27-5)13(8-11)23-9-12(2)10-24-15-16(20-18(23)24)21(3)19(26)22(4)17(15)25/h6-8,12H,9-10H2,1-5H3/t12-/m1/s1. The molecule has 1 aromatic carbocycles. The number of hydrogen-bond donors (Lipinski definition) is 0. The Bertz CT molecular complexity index is 1170. The van der Waals surface area contributed by atoms with E-state index in [1.54, 1.807) is 14.2 Å². The van der Waals surface area contributed by atoms with Gasteiger partial charge in [-0.3, -0.25) is 13.9 Å². The Labute approximate surface area is 156 Å². The fourth-order valence-corrected chi connectivity index (χ4v) is 3.79. The molecule has 0 saturated heterocycles. The molecule has 1 aliphatic rings. The molecule has 3 heterocycles. The molecule has 27 heavy (non-hydrogen) atoms. The summed E-state index contributed by atoms with van der Waals surface area (Å²) < 4.78 is 10.0. The number of rotatable bonds is 2. The molecule has 2 aromatic heterocycles. The van der Waals surface area contributed by atoms with Gasteiger partial charge in [0.15, 0.2) is 11.2 Å². The zero-order chi connectivity index (χ0) is 19.5. The van der Waals surface area contributed by atoms with Crippen molar-refractivity contribution < 1.29 is 4.74 Å². The molecule has 0 radical (unpaired) electrons. The van der Waals surface area contributed by atoms with E-state index in [-0.39, 0.29) is 11.2 Å². The minimum atomic E-state index is -0.379. The van der Waals surface area contributed by atoms with E-state index >= 15 is 0 Å². The molecule has 0 amide bonds. The Hall–Kier alpha value is -3.03. The van der Waals surface area contributed by atoms with E-state index in [4.69, 9.17) is 9.72 Å². The van der Waals surface area contributed by atoms with Crippen LogP contribution in [0.25, 0.3) is 11.2 Å². The quantitative estimate of drug-likeness (QED) is 0.685. The van der Waals surface area contributed by atoms with Crippen LogP contribution in [0, 0.1) is 12.8 Å². The molecule has 0 fully saturated rings. The van der Waals surface area contributed by atoms with Crippen LogP contribution in [0.1, 0.15) is 12.5 Å². The summed E-state index contributed by atoms with van der Waals surface area (Å²) in [6.07, 6.45) is 0. The first-order valence-electron chi connectivity index (χ1n) is 8.92. The lowest BCUT2D eigenvalue weighted by Crippen LogP contribution is -2.38. The number of hydrogen-bond acceptors (Lipinski definition) is 5. The van der Waals surface area contributed by atoms with Gasteiger partial charge >= 0.3 is 5.69 Å². The lowest BCUT2D eigenvalue weighted by molar-refractivity contribution is 0.409. The van der Waals surface area contributed by atoms with Gasteiger partial charge in [-0.1, -0.05) is 13.0 Å². The van der Waals surface area contributed by atoms with Gasteiger partial charge in [-0.25, -0.2) is 4.79 Å². The lowest BCUT2D eigenvalue weighted by atomic mass is 10.1. The molecule has 0 unspecified atom stereocenters. The van der Waals surface area contributed by atoms with Crippen molar-refractivity contribution in [2.75, 3.05) is 18.6 Å². The van der Waals surface area contributed by atoms with Crippen molar-refractivity contribution in [3.63, 3.8) is 0 Å². The normalized spacial score (nSPS) is 16.6. The molecule has 3 aromatic rings. The predicted molar refractivity (Wildman–Crippen MR) is 104 cm³/mol. The first-order valence-corrected chi connectivity index (χ1v) is 8.92. The molecule has 0 aliphatic carbocycles. The third-order valence-corrected chi connectivity index (χ3v) is 5.18. The highest BCUT2D eigenvalue weighted by Crippen LogP contribution is 2.38. The molecule has 1 aliphatic heterocycles. The number of fused-ring (bicyclic) bond motifs is 3. The number of nitrogens with zero attached hydrogens (tertiary/aromatic N) is 5. The summed E-state index contributed by atoms with van der Waals surface area (Å²) in [5.74, 6) is 1.70. The Morgan fingerprint density at radius 2 is 1.89 bits per heavy atom. The fourth-order valence-electron chi connectivity index (χ4n) is 3.79. The number of benzene rings is 1. The SMILES string of the molecule is COc1ccc(C)cc1N1C[C@@H](C)Cn2c1nc1c2c(=O)n(C)c(=O)n1C. The minimum absolute atomic E-state index is 0.294. The van der Waals surface area contributed by atoms with E-state index in [1.807, 2.05) is 23.6 Å². The largest absolute Gasteiger partial charge is 0.495 e. The highest BCUT2D eigenvalue weighted by Gasteiger charge is 2.30. The summed E-state index contributed by atoms with van der Waals surface area (Å²) in [6, 6.07) is 5.99. The van der Waals surface area contributed by atoms with Gasteiger partial charge < -0.3 is 14.2 Å². The summed E-state index contributed by atoms with van der Waals surface area (Å²) >= 11 is 0. The number of anilines is 2. The van der Waals surface area contributed by atoms with Gasteiger partial charge in [0.05, 0.1) is 12.8 Å². The molecule has 1 atom stereocenters. The molecule has 0 bridgehead atoms. The van der Waals surface area contributed by atoms with Gasteiger partial charge in [-0.05, 0) is 30.5 Å². The average molecular weight is 369 g/mol. The van der Waals surface area contributed by atoms with Crippen molar-refractivity contribution in [1.82, 2.24) is 18.7 Å². The number of ether oxygens (including phenoxy) is 1. The van der Waals surface area contributed by atoms with Gasteiger partial charge in [0.2, 0.25) is 5.95 Å². The number of methoxy groups -OCH3 is 1. The first kappa shape index (κ1) is 17.4. The summed E-state index contributed by atoms with van der Waals surface area (Å²) in [6.45, 7) is 5.58. The topological polar surface area (TPSA) is 74.3 Å². The highest BCUT2D eigenvalue weighted by atomic mass is 16.5. The first-order chi connectivity index (χ1) is 12.8. The molecule has 0 N–H and O–H groups in total. The lowest BCUT2D eigenvalue weighted by Gasteiger charge is -2.33. The molecule has 0 saturated carbocycles. The molecule has 142 valence electrons. The Morgan fingerprint density at radius 3 is 2.59 bits per heavy atom. The second-order valence-corrected chi connectivity index (χ2v) is 7.29. The van der Waals surface area contributed by atoms with E-state index in [0.29, 0.717) is 29.6 Å². The van der Waals surface area contributed by atoms with Crippen molar-refractivity contribution in [3.05, 3.63) is 44.6 Å². The van der Waals surface area contributed by atoms with Gasteiger partial charge in [-0.2, -0.15) is 4.98 Å². The van der Waals surface area contributed by atoms with Crippen LogP contribution in [0.3, 0.4) is 0 Å². The molecular formula is C19H23N5O3. The molecule has 8 nitrogen and oxygen atoms in total. The second-order valence-electron chi connectivity index (χ2n) is 7.29. The van der Waals surface area contributed by atoms with E-state index in [9.17, 15) is 9.59 Å².